The molecule has 0 amide bonds. The Morgan fingerprint density at radius 2 is 1.42 bits per heavy atom. The lowest BCUT2D eigenvalue weighted by atomic mass is 9.79. The lowest BCUT2D eigenvalue weighted by molar-refractivity contribution is 0.135. The van der Waals surface area contributed by atoms with Crippen molar-refractivity contribution in [2.75, 3.05) is 6.61 Å². The summed E-state index contributed by atoms with van der Waals surface area (Å²) in [6.07, 6.45) is 1.82. The third kappa shape index (κ3) is 1.98. The summed E-state index contributed by atoms with van der Waals surface area (Å²) in [7, 11) is 0. The van der Waals surface area contributed by atoms with Gasteiger partial charge in [0.2, 0.25) is 0 Å². The Labute approximate surface area is 114 Å². The van der Waals surface area contributed by atoms with Gasteiger partial charge in [-0.25, -0.2) is 0 Å². The first-order valence-corrected chi connectivity index (χ1v) is 7.15. The predicted octanol–water partition coefficient (Wildman–Crippen LogP) is 3.85. The predicted molar refractivity (Wildman–Crippen MR) is 76.1 cm³/mol. The minimum Gasteiger partial charge on any atom is -0.378 e. The van der Waals surface area contributed by atoms with Crippen molar-refractivity contribution in [1.82, 2.24) is 0 Å². The van der Waals surface area contributed by atoms with Gasteiger partial charge in [0, 0.05) is 5.92 Å². The van der Waals surface area contributed by atoms with Crippen molar-refractivity contribution in [3.63, 3.8) is 0 Å². The number of fused-ring (bicyclic) bond motifs is 1. The van der Waals surface area contributed by atoms with Gasteiger partial charge in [-0.05, 0) is 29.4 Å². The van der Waals surface area contributed by atoms with E-state index in [-0.39, 0.29) is 0 Å². The van der Waals surface area contributed by atoms with Gasteiger partial charge in [-0.15, -0.1) is 0 Å². The van der Waals surface area contributed by atoms with E-state index in [9.17, 15) is 0 Å². The molecule has 4 rings (SSSR count). The van der Waals surface area contributed by atoms with Crippen LogP contribution in [0.3, 0.4) is 0 Å². The van der Waals surface area contributed by atoms with Crippen LogP contribution in [0.25, 0.3) is 0 Å². The molecule has 2 aromatic carbocycles. The zero-order valence-corrected chi connectivity index (χ0v) is 10.9. The zero-order valence-electron chi connectivity index (χ0n) is 10.9. The number of ether oxygens (including phenoxy) is 1. The van der Waals surface area contributed by atoms with Crippen LogP contribution in [0.4, 0.5) is 0 Å². The van der Waals surface area contributed by atoms with Crippen LogP contribution in [-0.4, -0.2) is 12.7 Å². The second-order valence-corrected chi connectivity index (χ2v) is 5.73. The molecule has 0 bridgehead atoms. The summed E-state index contributed by atoms with van der Waals surface area (Å²) in [5, 5.41) is 0. The fraction of sp³-hybridized carbons (Fsp3) is 0.333. The molecule has 1 aliphatic carbocycles. The second-order valence-electron chi connectivity index (χ2n) is 5.73. The van der Waals surface area contributed by atoms with Gasteiger partial charge >= 0.3 is 0 Å². The molecular weight excluding hydrogens is 232 g/mol. The molecule has 0 radical (unpaired) electrons. The number of rotatable bonds is 3. The SMILES string of the molecule is c1ccc(C(c2ccccc2)[C@@H]2CO[C@H]3C[C@H]32)cc1. The van der Waals surface area contributed by atoms with Gasteiger partial charge in [-0.2, -0.15) is 0 Å². The molecule has 96 valence electrons. The van der Waals surface area contributed by atoms with Gasteiger partial charge in [0.1, 0.15) is 0 Å². The molecule has 2 aromatic rings. The first-order valence-electron chi connectivity index (χ1n) is 7.15. The Balaban J connectivity index is 1.75. The number of hydrogen-bond donors (Lipinski definition) is 0. The highest BCUT2D eigenvalue weighted by atomic mass is 16.5. The van der Waals surface area contributed by atoms with E-state index in [0.29, 0.717) is 17.9 Å². The Kier molecular flexibility index (Phi) is 2.66. The molecule has 0 N–H and O–H groups in total. The maximum absolute atomic E-state index is 5.86. The summed E-state index contributed by atoms with van der Waals surface area (Å²) in [6.45, 7) is 0.920. The lowest BCUT2D eigenvalue weighted by Crippen LogP contribution is -2.17. The highest BCUT2D eigenvalue weighted by Gasteiger charge is 2.52. The van der Waals surface area contributed by atoms with Crippen LogP contribution in [0.1, 0.15) is 23.5 Å². The highest BCUT2D eigenvalue weighted by Crippen LogP contribution is 2.53. The maximum atomic E-state index is 5.86. The van der Waals surface area contributed by atoms with Gasteiger partial charge in [0.25, 0.3) is 0 Å². The van der Waals surface area contributed by atoms with E-state index >= 15 is 0 Å². The van der Waals surface area contributed by atoms with Crippen LogP contribution in [0.5, 0.6) is 0 Å². The van der Waals surface area contributed by atoms with Crippen LogP contribution in [0.15, 0.2) is 60.7 Å². The molecule has 0 aromatic heterocycles. The van der Waals surface area contributed by atoms with Gasteiger partial charge in [0.05, 0.1) is 12.7 Å². The van der Waals surface area contributed by atoms with Gasteiger partial charge in [-0.1, -0.05) is 60.7 Å². The van der Waals surface area contributed by atoms with E-state index in [2.05, 4.69) is 60.7 Å². The smallest absolute Gasteiger partial charge is 0.0611 e. The molecule has 3 atom stereocenters. The van der Waals surface area contributed by atoms with Gasteiger partial charge < -0.3 is 4.74 Å². The number of benzene rings is 2. The second kappa shape index (κ2) is 4.50. The van der Waals surface area contributed by atoms with Crippen molar-refractivity contribution in [3.8, 4) is 0 Å². The summed E-state index contributed by atoms with van der Waals surface area (Å²) >= 11 is 0. The molecule has 19 heavy (non-hydrogen) atoms. The molecule has 1 saturated heterocycles. The monoisotopic (exact) mass is 250 g/mol. The molecule has 1 heteroatoms. The Morgan fingerprint density at radius 3 is 1.84 bits per heavy atom. The molecule has 2 fully saturated rings. The number of hydrogen-bond acceptors (Lipinski definition) is 1. The normalized spacial score (nSPS) is 28.4. The van der Waals surface area contributed by atoms with E-state index in [1.54, 1.807) is 0 Å². The van der Waals surface area contributed by atoms with Crippen LogP contribution in [0.2, 0.25) is 0 Å². The summed E-state index contributed by atoms with van der Waals surface area (Å²) in [5.41, 5.74) is 2.85. The molecule has 1 saturated carbocycles. The minimum absolute atomic E-state index is 0.486. The first-order chi connectivity index (χ1) is 9.43. The van der Waals surface area contributed by atoms with E-state index in [1.807, 2.05) is 0 Å². The van der Waals surface area contributed by atoms with Crippen molar-refractivity contribution in [1.29, 1.82) is 0 Å². The molecule has 1 nitrogen and oxygen atoms in total. The fourth-order valence-electron chi connectivity index (χ4n) is 3.54. The van der Waals surface area contributed by atoms with Gasteiger partial charge in [0.15, 0.2) is 0 Å². The summed E-state index contributed by atoms with van der Waals surface area (Å²) in [6, 6.07) is 21.8. The van der Waals surface area contributed by atoms with E-state index < -0.39 is 0 Å². The van der Waals surface area contributed by atoms with Crippen LogP contribution in [-0.2, 0) is 4.74 Å². The van der Waals surface area contributed by atoms with Gasteiger partial charge in [-0.3, -0.25) is 0 Å². The standard InChI is InChI=1S/C18H18O/c1-3-7-13(8-4-1)18(14-9-5-2-6-10-14)16-12-19-17-11-15(16)17/h1-10,15-18H,11-12H2/t15-,16+,17-/m0/s1. The van der Waals surface area contributed by atoms with E-state index in [0.717, 1.165) is 12.5 Å². The molecular formula is C18H18O. The first kappa shape index (κ1) is 11.2. The third-order valence-corrected chi connectivity index (χ3v) is 4.58. The van der Waals surface area contributed by atoms with Crippen molar-refractivity contribution >= 4 is 0 Å². The highest BCUT2D eigenvalue weighted by molar-refractivity contribution is 5.34. The van der Waals surface area contributed by atoms with E-state index in [1.165, 1.54) is 17.5 Å². The fourth-order valence-corrected chi connectivity index (χ4v) is 3.54. The van der Waals surface area contributed by atoms with Crippen LogP contribution >= 0.6 is 0 Å². The average molecular weight is 250 g/mol. The maximum Gasteiger partial charge on any atom is 0.0611 e. The topological polar surface area (TPSA) is 9.23 Å². The van der Waals surface area contributed by atoms with Crippen molar-refractivity contribution in [2.45, 2.75) is 18.4 Å². The quantitative estimate of drug-likeness (QED) is 0.804. The van der Waals surface area contributed by atoms with E-state index in [4.69, 9.17) is 4.74 Å². The van der Waals surface area contributed by atoms with Crippen molar-refractivity contribution in [3.05, 3.63) is 71.8 Å². The van der Waals surface area contributed by atoms with Crippen molar-refractivity contribution in [2.24, 2.45) is 11.8 Å². The van der Waals surface area contributed by atoms with Crippen LogP contribution < -0.4 is 0 Å². The lowest BCUT2D eigenvalue weighted by Gasteiger charge is -2.25. The summed E-state index contributed by atoms with van der Waals surface area (Å²) in [4.78, 5) is 0. The average Bonchev–Trinajstić information content (AvgIpc) is 3.16. The molecule has 0 unspecified atom stereocenters. The zero-order chi connectivity index (χ0) is 12.7. The Bertz CT molecular complexity index is 509. The minimum atomic E-state index is 0.486. The van der Waals surface area contributed by atoms with Crippen LogP contribution in [0, 0.1) is 11.8 Å². The Hall–Kier alpha value is -1.60. The third-order valence-electron chi connectivity index (χ3n) is 4.58. The molecule has 0 spiro atoms. The van der Waals surface area contributed by atoms with Crippen molar-refractivity contribution < 1.29 is 4.74 Å². The summed E-state index contributed by atoms with van der Waals surface area (Å²) < 4.78 is 5.86. The Morgan fingerprint density at radius 1 is 0.842 bits per heavy atom. The largest absolute Gasteiger partial charge is 0.378 e. The molecule has 1 heterocycles. The molecule has 1 aliphatic heterocycles. The molecule has 2 aliphatic rings. The summed E-state index contributed by atoms with van der Waals surface area (Å²) in [5.74, 6) is 1.92.